The van der Waals surface area contributed by atoms with Crippen LogP contribution in [0.25, 0.3) is 11.1 Å². The Labute approximate surface area is 197 Å². The molecule has 1 aliphatic heterocycles. The van der Waals surface area contributed by atoms with Gasteiger partial charge in [-0.2, -0.15) is 0 Å². The maximum absolute atomic E-state index is 5.06. The summed E-state index contributed by atoms with van der Waals surface area (Å²) in [5.41, 5.74) is 4.28. The van der Waals surface area contributed by atoms with Crippen molar-refractivity contribution in [2.75, 3.05) is 18.4 Å². The van der Waals surface area contributed by atoms with Crippen molar-refractivity contribution in [2.24, 2.45) is 5.41 Å². The average molecular weight is 448 g/mol. The molecule has 0 unspecified atom stereocenters. The van der Waals surface area contributed by atoms with Crippen molar-refractivity contribution in [1.82, 2.24) is 9.88 Å². The fourth-order valence-corrected chi connectivity index (χ4v) is 6.38. The topological polar surface area (TPSA) is 28.2 Å². The molecule has 0 radical (unpaired) electrons. The molecule has 2 aromatic rings. The Kier molecular flexibility index (Phi) is 7.20. The zero-order valence-corrected chi connectivity index (χ0v) is 20.7. The van der Waals surface area contributed by atoms with Crippen LogP contribution < -0.4 is 15.2 Å². The van der Waals surface area contributed by atoms with E-state index >= 15 is 0 Å². The van der Waals surface area contributed by atoms with Crippen LogP contribution in [0.2, 0.25) is 0 Å². The summed E-state index contributed by atoms with van der Waals surface area (Å²) in [5, 5.41) is 5.74. The fourth-order valence-electron chi connectivity index (χ4n) is 5.26. The van der Waals surface area contributed by atoms with Gasteiger partial charge in [-0.25, -0.2) is 4.98 Å². The van der Waals surface area contributed by atoms with Crippen molar-refractivity contribution < 1.29 is 0 Å². The van der Waals surface area contributed by atoms with Gasteiger partial charge in [0, 0.05) is 18.7 Å². The number of nitrogens with zero attached hydrogens (tertiary/aromatic N) is 2. The summed E-state index contributed by atoms with van der Waals surface area (Å²) < 4.78 is 1.20. The summed E-state index contributed by atoms with van der Waals surface area (Å²) in [6.07, 6.45) is 13.5. The number of nitrogens with one attached hydrogen (secondary N) is 1. The van der Waals surface area contributed by atoms with Gasteiger partial charge < -0.3 is 10.2 Å². The Balaban J connectivity index is 1.65. The monoisotopic (exact) mass is 447 g/mol. The van der Waals surface area contributed by atoms with E-state index in [1.165, 1.54) is 60.0 Å². The molecule has 2 heterocycles. The first-order valence-corrected chi connectivity index (χ1v) is 13.0. The standard InChI is InChI=1S/C28H37N3S/c1-5-21(4)25-26(23(6-2)22-13-9-8-10-14-22)32-27(30-25)29-24(7-3)31-19-17-28(18-20-31)15-11-12-16-28/h6-10,13-14H,2,5,11-12,15-20H2,1,3-4H3,(H,29,30)/b24-7+,25-21-,26-23-. The summed E-state index contributed by atoms with van der Waals surface area (Å²) in [6, 6.07) is 10.5. The third-order valence-corrected chi connectivity index (χ3v) is 8.44. The first-order valence-electron chi connectivity index (χ1n) is 12.2. The van der Waals surface area contributed by atoms with Gasteiger partial charge >= 0.3 is 0 Å². The molecule has 3 nitrogen and oxygen atoms in total. The van der Waals surface area contributed by atoms with E-state index < -0.39 is 0 Å². The van der Waals surface area contributed by atoms with E-state index in [4.69, 9.17) is 4.98 Å². The van der Waals surface area contributed by atoms with E-state index in [0.717, 1.165) is 35.6 Å². The number of likely N-dealkylation sites (tertiary alicyclic amines) is 1. The lowest BCUT2D eigenvalue weighted by Crippen LogP contribution is -2.39. The summed E-state index contributed by atoms with van der Waals surface area (Å²) in [4.78, 5) is 7.59. The minimum absolute atomic E-state index is 0.633. The van der Waals surface area contributed by atoms with Crippen LogP contribution in [-0.4, -0.2) is 23.0 Å². The van der Waals surface area contributed by atoms with Crippen LogP contribution in [0.1, 0.15) is 71.3 Å². The largest absolute Gasteiger partial charge is 0.358 e. The number of aromatic nitrogens is 1. The Morgan fingerprint density at radius 1 is 1.16 bits per heavy atom. The third-order valence-electron chi connectivity index (χ3n) is 7.43. The number of anilines is 1. The van der Waals surface area contributed by atoms with Crippen LogP contribution in [0.3, 0.4) is 0 Å². The van der Waals surface area contributed by atoms with Gasteiger partial charge in [0.2, 0.25) is 0 Å². The molecule has 1 N–H and O–H groups in total. The summed E-state index contributed by atoms with van der Waals surface area (Å²) in [6.45, 7) is 12.9. The maximum Gasteiger partial charge on any atom is 0.189 e. The highest BCUT2D eigenvalue weighted by atomic mass is 32.1. The van der Waals surface area contributed by atoms with Gasteiger partial charge in [0.1, 0.15) is 5.82 Å². The number of benzene rings is 1. The van der Waals surface area contributed by atoms with Crippen molar-refractivity contribution in [3.8, 4) is 0 Å². The number of rotatable bonds is 6. The minimum atomic E-state index is 0.633. The second-order valence-corrected chi connectivity index (χ2v) is 10.3. The molecule has 4 heteroatoms. The van der Waals surface area contributed by atoms with E-state index in [2.05, 4.69) is 74.0 Å². The highest BCUT2D eigenvalue weighted by Gasteiger charge is 2.37. The van der Waals surface area contributed by atoms with Crippen LogP contribution >= 0.6 is 11.3 Å². The highest BCUT2D eigenvalue weighted by molar-refractivity contribution is 7.13. The van der Waals surface area contributed by atoms with Crippen molar-refractivity contribution in [3.63, 3.8) is 0 Å². The third kappa shape index (κ3) is 4.71. The van der Waals surface area contributed by atoms with Crippen LogP contribution in [0.4, 0.5) is 5.13 Å². The van der Waals surface area contributed by atoms with Gasteiger partial charge in [0.25, 0.3) is 0 Å². The Morgan fingerprint density at radius 3 is 2.44 bits per heavy atom. The van der Waals surface area contributed by atoms with Crippen molar-refractivity contribution >= 4 is 27.6 Å². The second kappa shape index (κ2) is 10.1. The molecule has 1 saturated heterocycles. The molecule has 1 saturated carbocycles. The highest BCUT2D eigenvalue weighted by Crippen LogP contribution is 2.46. The lowest BCUT2D eigenvalue weighted by atomic mass is 9.77. The van der Waals surface area contributed by atoms with Gasteiger partial charge in [-0.3, -0.25) is 0 Å². The van der Waals surface area contributed by atoms with Crippen LogP contribution in [0.15, 0.2) is 54.9 Å². The van der Waals surface area contributed by atoms with Gasteiger partial charge in [0.15, 0.2) is 5.13 Å². The smallest absolute Gasteiger partial charge is 0.189 e. The molecule has 1 spiro atoms. The van der Waals surface area contributed by atoms with Gasteiger partial charge in [-0.15, -0.1) is 0 Å². The first kappa shape index (κ1) is 22.8. The predicted molar refractivity (Wildman–Crippen MR) is 139 cm³/mol. The number of piperidine rings is 1. The molecule has 1 aromatic heterocycles. The number of hydrogen-bond acceptors (Lipinski definition) is 4. The molecule has 2 aliphatic rings. The molecule has 0 amide bonds. The van der Waals surface area contributed by atoms with Crippen molar-refractivity contribution in [2.45, 2.75) is 65.7 Å². The van der Waals surface area contributed by atoms with Gasteiger partial charge in [-0.05, 0) is 68.6 Å². The summed E-state index contributed by atoms with van der Waals surface area (Å²) in [7, 11) is 0. The SMILES string of the molecule is C=C/C(c1ccccc1)=c1/sc(N/C(=C\C)N2CCC3(CCCC3)CC2)n/c1=C(/C)CC. The van der Waals surface area contributed by atoms with Crippen LogP contribution in [0.5, 0.6) is 0 Å². The normalized spacial score (nSPS) is 20.3. The van der Waals surface area contributed by atoms with E-state index in [0.29, 0.717) is 5.41 Å². The lowest BCUT2D eigenvalue weighted by Gasteiger charge is -2.41. The molecule has 170 valence electrons. The number of hydrogen-bond donors (Lipinski definition) is 1. The predicted octanol–water partition coefficient (Wildman–Crippen LogP) is 6.04. The maximum atomic E-state index is 5.06. The lowest BCUT2D eigenvalue weighted by molar-refractivity contribution is 0.133. The summed E-state index contributed by atoms with van der Waals surface area (Å²) >= 11 is 1.74. The van der Waals surface area contributed by atoms with E-state index in [1.54, 1.807) is 11.3 Å². The van der Waals surface area contributed by atoms with Crippen molar-refractivity contribution in [1.29, 1.82) is 0 Å². The number of thiazole rings is 1. The molecule has 0 bridgehead atoms. The zero-order chi connectivity index (χ0) is 22.6. The Hall–Kier alpha value is -2.33. The van der Waals surface area contributed by atoms with Gasteiger partial charge in [0.05, 0.1) is 9.88 Å². The molecule has 0 atom stereocenters. The quantitative estimate of drug-likeness (QED) is 0.585. The Bertz CT molecular complexity index is 1080. The Morgan fingerprint density at radius 2 is 1.84 bits per heavy atom. The first-order chi connectivity index (χ1) is 15.6. The van der Waals surface area contributed by atoms with Crippen molar-refractivity contribution in [3.05, 3.63) is 70.3 Å². The van der Waals surface area contributed by atoms with E-state index in [9.17, 15) is 0 Å². The van der Waals surface area contributed by atoms with Crippen LogP contribution in [-0.2, 0) is 0 Å². The van der Waals surface area contributed by atoms with Crippen LogP contribution in [0, 0.1) is 5.41 Å². The second-order valence-electron chi connectivity index (χ2n) is 9.31. The average Bonchev–Trinajstić information content (AvgIpc) is 3.46. The molecule has 1 aromatic carbocycles. The molecular weight excluding hydrogens is 410 g/mol. The molecule has 1 aliphatic carbocycles. The zero-order valence-electron chi connectivity index (χ0n) is 19.9. The van der Waals surface area contributed by atoms with E-state index in [1.807, 2.05) is 6.08 Å². The molecule has 4 rings (SSSR count). The molecular formula is C28H37N3S. The minimum Gasteiger partial charge on any atom is -0.358 e. The fraction of sp³-hybridized carbons (Fsp3) is 0.464. The van der Waals surface area contributed by atoms with Gasteiger partial charge in [-0.1, -0.05) is 74.1 Å². The van der Waals surface area contributed by atoms with E-state index in [-0.39, 0.29) is 0 Å². The summed E-state index contributed by atoms with van der Waals surface area (Å²) in [5.74, 6) is 1.19. The number of allylic oxidation sites excluding steroid dienone is 2. The molecule has 32 heavy (non-hydrogen) atoms. The molecule has 2 fully saturated rings.